The largest absolute Gasteiger partial charge is 0.342 e. The second-order valence-corrected chi connectivity index (χ2v) is 5.74. The van der Waals surface area contributed by atoms with E-state index < -0.39 is 15.4 Å². The number of amides is 1. The van der Waals surface area contributed by atoms with E-state index in [-0.39, 0.29) is 11.5 Å². The number of hydrogen-bond acceptors (Lipinski definition) is 3. The van der Waals surface area contributed by atoms with Crippen molar-refractivity contribution >= 4 is 16.2 Å². The number of hydrogen-bond donors (Lipinski definition) is 0. The molecule has 1 heterocycles. The maximum absolute atomic E-state index is 11.1. The first-order valence-electron chi connectivity index (χ1n) is 3.78. The highest BCUT2D eigenvalue weighted by molar-refractivity contribution is 7.91. The van der Waals surface area contributed by atoms with E-state index in [1.54, 1.807) is 14.0 Å². The zero-order chi connectivity index (χ0) is 9.41. The van der Waals surface area contributed by atoms with Gasteiger partial charge in [-0.2, -0.15) is 0 Å². The topological polar surface area (TPSA) is 54.5 Å². The molecule has 0 N–H and O–H groups in total. The van der Waals surface area contributed by atoms with Crippen LogP contribution in [0.5, 0.6) is 0 Å². The summed E-state index contributed by atoms with van der Waals surface area (Å²) in [4.78, 5) is 11.9. The molecule has 70 valence electrons. The summed E-state index contributed by atoms with van der Waals surface area (Å²) in [5, 5.41) is 0. The van der Waals surface area contributed by atoms with E-state index in [1.807, 2.05) is 0 Å². The molecule has 1 aliphatic heterocycles. The Morgan fingerprint density at radius 1 is 1.50 bits per heavy atom. The number of nitrogens with zero attached hydrogens (tertiary/aromatic N) is 1. The minimum absolute atomic E-state index is 0.0925. The van der Waals surface area contributed by atoms with Crippen LogP contribution in [-0.2, 0) is 14.6 Å². The summed E-state index contributed by atoms with van der Waals surface area (Å²) in [7, 11) is -1.29. The molecule has 4 nitrogen and oxygen atoms in total. The van der Waals surface area contributed by atoms with E-state index in [0.29, 0.717) is 12.8 Å². The molecule has 1 rings (SSSR count). The Bertz CT molecular complexity index is 285. The lowest BCUT2D eigenvalue weighted by molar-refractivity contribution is -0.120. The highest BCUT2D eigenvalue weighted by Gasteiger charge is 2.40. The summed E-state index contributed by atoms with van der Waals surface area (Å²) in [6.45, 7) is 1.80. The van der Waals surface area contributed by atoms with Gasteiger partial charge in [0.15, 0.2) is 9.84 Å². The first kappa shape index (κ1) is 9.51. The first-order valence-corrected chi connectivity index (χ1v) is 5.60. The normalized spacial score (nSPS) is 33.2. The Morgan fingerprint density at radius 2 is 2.08 bits per heavy atom. The fraction of sp³-hybridized carbons (Fsp3) is 0.857. The molecule has 1 atom stereocenters. The predicted octanol–water partition coefficient (Wildman–Crippen LogP) is -0.348. The molecule has 0 unspecified atom stereocenters. The molecule has 0 bridgehead atoms. The van der Waals surface area contributed by atoms with E-state index in [9.17, 15) is 13.2 Å². The van der Waals surface area contributed by atoms with Gasteiger partial charge in [0.25, 0.3) is 0 Å². The van der Waals surface area contributed by atoms with E-state index in [4.69, 9.17) is 0 Å². The minimum Gasteiger partial charge on any atom is -0.342 e. The summed E-state index contributed by atoms with van der Waals surface area (Å²) in [5.74, 6) is 0.289. The summed E-state index contributed by atoms with van der Waals surface area (Å²) in [6.07, 6.45) is 1.23. The van der Waals surface area contributed by atoms with Crippen molar-refractivity contribution in [1.29, 1.82) is 0 Å². The van der Waals surface area contributed by atoms with Crippen LogP contribution in [0.3, 0.4) is 0 Å². The van der Waals surface area contributed by atoms with Crippen molar-refractivity contribution in [2.24, 2.45) is 0 Å². The van der Waals surface area contributed by atoms with Gasteiger partial charge in [-0.3, -0.25) is 4.79 Å². The van der Waals surface area contributed by atoms with Gasteiger partial charge < -0.3 is 4.90 Å². The molecule has 0 aromatic rings. The van der Waals surface area contributed by atoms with Crippen molar-refractivity contribution in [2.45, 2.75) is 18.9 Å². The molecule has 1 saturated heterocycles. The molecule has 0 saturated carbocycles. The second-order valence-electron chi connectivity index (χ2n) is 3.56. The molecule has 0 radical (unpaired) electrons. The maximum Gasteiger partial charge on any atom is 0.209 e. The van der Waals surface area contributed by atoms with Gasteiger partial charge >= 0.3 is 0 Å². The van der Waals surface area contributed by atoms with E-state index in [1.165, 1.54) is 4.90 Å². The van der Waals surface area contributed by atoms with Crippen molar-refractivity contribution in [2.75, 3.05) is 18.6 Å². The molecular weight excluding hydrogens is 178 g/mol. The summed E-state index contributed by atoms with van der Waals surface area (Å²) < 4.78 is 22.2. The van der Waals surface area contributed by atoms with Crippen LogP contribution in [0.15, 0.2) is 0 Å². The Labute approximate surface area is 72.5 Å². The number of carbonyl (C=O) groups excluding carboxylic acids is 1. The average Bonchev–Trinajstić information content (AvgIpc) is 2.25. The maximum atomic E-state index is 11.1. The summed E-state index contributed by atoms with van der Waals surface area (Å²) in [5.41, 5.74) is -0.486. The van der Waals surface area contributed by atoms with Gasteiger partial charge in [-0.15, -0.1) is 0 Å². The predicted molar refractivity (Wildman–Crippen MR) is 45.5 cm³/mol. The molecule has 1 amide bonds. The fourth-order valence-electron chi connectivity index (χ4n) is 1.40. The van der Waals surface area contributed by atoms with Crippen molar-refractivity contribution in [3.05, 3.63) is 0 Å². The molecule has 12 heavy (non-hydrogen) atoms. The van der Waals surface area contributed by atoms with Crippen LogP contribution in [0.25, 0.3) is 0 Å². The Balaban J connectivity index is 2.84. The SMILES string of the molecule is CN(C=O)[C@@]1(C)CCS(=O)(=O)C1. The number of rotatable bonds is 2. The standard InChI is InChI=1S/C7H13NO3S/c1-7(8(2)6-9)3-4-12(10,11)5-7/h6H,3-5H2,1-2H3/t7-/m0/s1. The van der Waals surface area contributed by atoms with Gasteiger partial charge in [-0.25, -0.2) is 8.42 Å². The molecule has 0 aromatic heterocycles. The summed E-state index contributed by atoms with van der Waals surface area (Å²) >= 11 is 0. The summed E-state index contributed by atoms with van der Waals surface area (Å²) in [6, 6.07) is 0. The third kappa shape index (κ3) is 1.60. The third-order valence-electron chi connectivity index (χ3n) is 2.49. The Morgan fingerprint density at radius 3 is 2.42 bits per heavy atom. The number of carbonyl (C=O) groups is 1. The van der Waals surface area contributed by atoms with Gasteiger partial charge in [0.05, 0.1) is 17.0 Å². The van der Waals surface area contributed by atoms with Crippen molar-refractivity contribution < 1.29 is 13.2 Å². The van der Waals surface area contributed by atoms with Crippen LogP contribution < -0.4 is 0 Å². The van der Waals surface area contributed by atoms with Gasteiger partial charge in [0.1, 0.15) is 0 Å². The first-order chi connectivity index (χ1) is 5.40. The van der Waals surface area contributed by atoms with Crippen LogP contribution in [-0.4, -0.2) is 43.8 Å². The average molecular weight is 191 g/mol. The van der Waals surface area contributed by atoms with Crippen molar-refractivity contribution in [3.63, 3.8) is 0 Å². The van der Waals surface area contributed by atoms with Gasteiger partial charge in [-0.05, 0) is 13.3 Å². The monoisotopic (exact) mass is 191 g/mol. The molecule has 1 fully saturated rings. The molecule has 0 aliphatic carbocycles. The highest BCUT2D eigenvalue weighted by Crippen LogP contribution is 2.27. The van der Waals surface area contributed by atoms with Crippen LogP contribution >= 0.6 is 0 Å². The van der Waals surface area contributed by atoms with Crippen LogP contribution in [0.4, 0.5) is 0 Å². The van der Waals surface area contributed by atoms with E-state index >= 15 is 0 Å². The van der Waals surface area contributed by atoms with Gasteiger partial charge in [0, 0.05) is 7.05 Å². The zero-order valence-corrected chi connectivity index (χ0v) is 8.10. The third-order valence-corrected chi connectivity index (χ3v) is 4.38. The fourth-order valence-corrected chi connectivity index (χ4v) is 3.59. The van der Waals surface area contributed by atoms with E-state index in [0.717, 1.165) is 0 Å². The molecule has 1 aliphatic rings. The lowest BCUT2D eigenvalue weighted by Crippen LogP contribution is -2.43. The highest BCUT2D eigenvalue weighted by atomic mass is 32.2. The Hall–Kier alpha value is -0.580. The van der Waals surface area contributed by atoms with Crippen molar-refractivity contribution in [3.8, 4) is 0 Å². The zero-order valence-electron chi connectivity index (χ0n) is 7.28. The van der Waals surface area contributed by atoms with Gasteiger partial charge in [0.2, 0.25) is 6.41 Å². The van der Waals surface area contributed by atoms with Crippen LogP contribution in [0.2, 0.25) is 0 Å². The van der Waals surface area contributed by atoms with Crippen LogP contribution in [0.1, 0.15) is 13.3 Å². The Kier molecular flexibility index (Phi) is 2.16. The molecule has 0 aromatic carbocycles. The molecule has 5 heteroatoms. The second kappa shape index (κ2) is 2.73. The lowest BCUT2D eigenvalue weighted by Gasteiger charge is -2.30. The van der Waals surface area contributed by atoms with E-state index in [2.05, 4.69) is 0 Å². The number of sulfone groups is 1. The minimum atomic E-state index is -2.91. The molecular formula is C7H13NO3S. The molecule has 0 spiro atoms. The quantitative estimate of drug-likeness (QED) is 0.561. The smallest absolute Gasteiger partial charge is 0.209 e. The van der Waals surface area contributed by atoms with Gasteiger partial charge in [-0.1, -0.05) is 0 Å². The van der Waals surface area contributed by atoms with Crippen molar-refractivity contribution in [1.82, 2.24) is 4.90 Å². The lowest BCUT2D eigenvalue weighted by atomic mass is 10.0. The van der Waals surface area contributed by atoms with Crippen LogP contribution in [0, 0.1) is 0 Å².